The van der Waals surface area contributed by atoms with Crippen molar-refractivity contribution in [3.8, 4) is 6.07 Å². The Morgan fingerprint density at radius 2 is 2.05 bits per heavy atom. The first kappa shape index (κ1) is 14.7. The summed E-state index contributed by atoms with van der Waals surface area (Å²) < 4.78 is 5.55. The monoisotopic (exact) mass is 312 g/mol. The molecular formula is C17H16N2O2S. The zero-order valence-electron chi connectivity index (χ0n) is 12.3. The van der Waals surface area contributed by atoms with Crippen molar-refractivity contribution >= 4 is 17.5 Å². The minimum atomic E-state index is -0.405. The summed E-state index contributed by atoms with van der Waals surface area (Å²) in [6.45, 7) is 0. The summed E-state index contributed by atoms with van der Waals surface area (Å²) in [5.74, 6) is 0.402. The lowest BCUT2D eigenvalue weighted by molar-refractivity contribution is -0.116. The Labute approximate surface area is 133 Å². The molecule has 3 rings (SSSR count). The molecule has 0 saturated carbocycles. The molecule has 0 aromatic heterocycles. The van der Waals surface area contributed by atoms with E-state index in [0.29, 0.717) is 29.7 Å². The van der Waals surface area contributed by atoms with Gasteiger partial charge in [-0.15, -0.1) is 11.8 Å². The Kier molecular flexibility index (Phi) is 3.95. The molecule has 0 bridgehead atoms. The van der Waals surface area contributed by atoms with Crippen molar-refractivity contribution in [3.05, 3.63) is 52.6 Å². The van der Waals surface area contributed by atoms with Gasteiger partial charge in [0.1, 0.15) is 17.4 Å². The lowest BCUT2D eigenvalue weighted by atomic mass is 9.78. The first-order valence-corrected chi connectivity index (χ1v) is 8.36. The second-order valence-corrected chi connectivity index (χ2v) is 6.19. The molecule has 2 aliphatic rings. The highest BCUT2D eigenvalue weighted by Gasteiger charge is 2.37. The second kappa shape index (κ2) is 5.90. The molecule has 22 heavy (non-hydrogen) atoms. The van der Waals surface area contributed by atoms with Gasteiger partial charge in [-0.2, -0.15) is 5.26 Å². The molecule has 2 N–H and O–H groups in total. The molecule has 0 radical (unpaired) electrons. The van der Waals surface area contributed by atoms with Crippen LogP contribution in [0.3, 0.4) is 0 Å². The number of hydrogen-bond acceptors (Lipinski definition) is 5. The Balaban J connectivity index is 2.13. The number of ether oxygens (including phenoxy) is 1. The largest absolute Gasteiger partial charge is 0.444 e. The number of allylic oxidation sites excluding steroid dienone is 3. The number of carbonyl (C=O) groups excluding carboxylic acids is 1. The van der Waals surface area contributed by atoms with E-state index in [-0.39, 0.29) is 11.7 Å². The maximum Gasteiger partial charge on any atom is 0.205 e. The fraction of sp³-hybridized carbons (Fsp3) is 0.294. The summed E-state index contributed by atoms with van der Waals surface area (Å²) in [6.07, 6.45) is 3.97. The molecule has 1 aromatic carbocycles. The van der Waals surface area contributed by atoms with Gasteiger partial charge < -0.3 is 10.5 Å². The van der Waals surface area contributed by atoms with Crippen LogP contribution in [0.1, 0.15) is 30.7 Å². The van der Waals surface area contributed by atoms with Crippen LogP contribution in [-0.4, -0.2) is 12.0 Å². The van der Waals surface area contributed by atoms with Crippen LogP contribution in [-0.2, 0) is 9.53 Å². The summed E-state index contributed by atoms with van der Waals surface area (Å²) in [7, 11) is 0. The Morgan fingerprint density at radius 1 is 1.32 bits per heavy atom. The zero-order chi connectivity index (χ0) is 15.7. The molecule has 1 heterocycles. The van der Waals surface area contributed by atoms with Gasteiger partial charge in [0.05, 0.1) is 5.92 Å². The number of thioether (sulfide) groups is 1. The van der Waals surface area contributed by atoms with E-state index in [1.807, 2.05) is 30.5 Å². The highest BCUT2D eigenvalue weighted by atomic mass is 32.2. The fourth-order valence-electron chi connectivity index (χ4n) is 2.99. The van der Waals surface area contributed by atoms with Crippen molar-refractivity contribution < 1.29 is 9.53 Å². The van der Waals surface area contributed by atoms with E-state index in [4.69, 9.17) is 10.5 Å². The van der Waals surface area contributed by atoms with Crippen LogP contribution in [0.15, 0.2) is 51.9 Å². The van der Waals surface area contributed by atoms with Gasteiger partial charge in [-0.25, -0.2) is 0 Å². The summed E-state index contributed by atoms with van der Waals surface area (Å²) in [4.78, 5) is 13.5. The number of Topliss-reactive ketones (excluding diaryl/α,β-unsaturated/α-hetero) is 1. The van der Waals surface area contributed by atoms with Crippen molar-refractivity contribution in [1.82, 2.24) is 0 Å². The predicted octanol–water partition coefficient (Wildman–Crippen LogP) is 3.22. The third-order valence-electron chi connectivity index (χ3n) is 4.05. The molecule has 0 amide bonds. The first-order chi connectivity index (χ1) is 10.7. The van der Waals surface area contributed by atoms with Crippen molar-refractivity contribution in [2.24, 2.45) is 5.73 Å². The Hall–Kier alpha value is -2.19. The van der Waals surface area contributed by atoms with Gasteiger partial charge in [-0.3, -0.25) is 4.79 Å². The highest BCUT2D eigenvalue weighted by molar-refractivity contribution is 7.98. The number of nitrogens with two attached hydrogens (primary N) is 1. The van der Waals surface area contributed by atoms with Gasteiger partial charge in [-0.05, 0) is 30.4 Å². The average molecular weight is 312 g/mol. The quantitative estimate of drug-likeness (QED) is 0.849. The fourth-order valence-corrected chi connectivity index (χ4v) is 3.39. The number of carbonyl (C=O) groups is 1. The highest BCUT2D eigenvalue weighted by Crippen LogP contribution is 2.43. The standard InChI is InChI=1S/C17H16N2O2S/c1-22-11-7-5-10(6-8-11)15-12(9-18)17(19)21-14-4-2-3-13(20)16(14)15/h5-8,15H,2-4,19H2,1H3. The van der Waals surface area contributed by atoms with E-state index >= 15 is 0 Å². The number of nitriles is 1. The summed E-state index contributed by atoms with van der Waals surface area (Å²) in [5.41, 5.74) is 7.75. The van der Waals surface area contributed by atoms with E-state index in [9.17, 15) is 10.1 Å². The van der Waals surface area contributed by atoms with Crippen molar-refractivity contribution in [2.45, 2.75) is 30.1 Å². The van der Waals surface area contributed by atoms with Crippen LogP contribution in [0.25, 0.3) is 0 Å². The molecule has 0 fully saturated rings. The topological polar surface area (TPSA) is 76.1 Å². The van der Waals surface area contributed by atoms with Gasteiger partial charge in [-0.1, -0.05) is 12.1 Å². The van der Waals surface area contributed by atoms with Crippen LogP contribution in [0.5, 0.6) is 0 Å². The molecular weight excluding hydrogens is 296 g/mol. The number of rotatable bonds is 2. The van der Waals surface area contributed by atoms with Gasteiger partial charge in [0.15, 0.2) is 5.78 Å². The second-order valence-electron chi connectivity index (χ2n) is 5.31. The van der Waals surface area contributed by atoms with Crippen molar-refractivity contribution in [3.63, 3.8) is 0 Å². The molecule has 4 nitrogen and oxygen atoms in total. The molecule has 1 aliphatic heterocycles. The van der Waals surface area contributed by atoms with Gasteiger partial charge in [0.25, 0.3) is 0 Å². The van der Waals surface area contributed by atoms with Crippen LogP contribution < -0.4 is 5.73 Å². The van der Waals surface area contributed by atoms with E-state index in [1.165, 1.54) is 0 Å². The molecule has 1 unspecified atom stereocenters. The molecule has 5 heteroatoms. The maximum atomic E-state index is 12.4. The number of benzene rings is 1. The molecule has 0 saturated heterocycles. The van der Waals surface area contributed by atoms with Crippen LogP contribution in [0.2, 0.25) is 0 Å². The minimum Gasteiger partial charge on any atom is -0.444 e. The number of ketones is 1. The summed E-state index contributed by atoms with van der Waals surface area (Å²) >= 11 is 1.65. The normalized spacial score (nSPS) is 21.3. The van der Waals surface area contributed by atoms with E-state index in [2.05, 4.69) is 6.07 Å². The lowest BCUT2D eigenvalue weighted by Crippen LogP contribution is -2.27. The minimum absolute atomic E-state index is 0.0560. The Morgan fingerprint density at radius 3 is 2.68 bits per heavy atom. The van der Waals surface area contributed by atoms with Crippen molar-refractivity contribution in [1.29, 1.82) is 5.26 Å². The third-order valence-corrected chi connectivity index (χ3v) is 4.80. The van der Waals surface area contributed by atoms with Gasteiger partial charge >= 0.3 is 0 Å². The van der Waals surface area contributed by atoms with Crippen molar-refractivity contribution in [2.75, 3.05) is 6.26 Å². The Bertz CT molecular complexity index is 726. The smallest absolute Gasteiger partial charge is 0.205 e. The average Bonchev–Trinajstić information content (AvgIpc) is 2.54. The predicted molar refractivity (Wildman–Crippen MR) is 84.8 cm³/mol. The van der Waals surface area contributed by atoms with E-state index < -0.39 is 5.92 Å². The maximum absolute atomic E-state index is 12.4. The van der Waals surface area contributed by atoms with Crippen LogP contribution >= 0.6 is 11.8 Å². The van der Waals surface area contributed by atoms with Gasteiger partial charge in [0.2, 0.25) is 5.88 Å². The SMILES string of the molecule is CSc1ccc(C2C(C#N)=C(N)OC3=C2C(=O)CCC3)cc1. The molecule has 0 spiro atoms. The van der Waals surface area contributed by atoms with Gasteiger partial charge in [0, 0.05) is 23.3 Å². The van der Waals surface area contributed by atoms with E-state index in [0.717, 1.165) is 16.9 Å². The first-order valence-electron chi connectivity index (χ1n) is 7.13. The molecule has 112 valence electrons. The molecule has 1 aliphatic carbocycles. The lowest BCUT2D eigenvalue weighted by Gasteiger charge is -2.31. The third kappa shape index (κ3) is 2.40. The molecule has 1 atom stereocenters. The summed E-state index contributed by atoms with van der Waals surface area (Å²) in [5, 5.41) is 9.46. The zero-order valence-corrected chi connectivity index (χ0v) is 13.1. The van der Waals surface area contributed by atoms with Crippen LogP contribution in [0.4, 0.5) is 0 Å². The summed E-state index contributed by atoms with van der Waals surface area (Å²) in [6, 6.07) is 10.0. The number of hydrogen-bond donors (Lipinski definition) is 1. The molecule has 1 aromatic rings. The van der Waals surface area contributed by atoms with E-state index in [1.54, 1.807) is 11.8 Å². The number of nitrogens with zero attached hydrogens (tertiary/aromatic N) is 1. The van der Waals surface area contributed by atoms with Crippen LogP contribution in [0, 0.1) is 11.3 Å².